The van der Waals surface area contributed by atoms with Gasteiger partial charge in [0.2, 0.25) is 11.8 Å². The first kappa shape index (κ1) is 15.7. The van der Waals surface area contributed by atoms with Gasteiger partial charge in [0.15, 0.2) is 0 Å². The van der Waals surface area contributed by atoms with Crippen LogP contribution in [0.5, 0.6) is 5.88 Å². The predicted molar refractivity (Wildman–Crippen MR) is 78.8 cm³/mol. The molecule has 108 valence electrons. The number of ether oxygens (including phenoxy) is 1. The third-order valence-corrected chi connectivity index (χ3v) is 2.95. The van der Waals surface area contributed by atoms with E-state index in [4.69, 9.17) is 4.74 Å². The molecule has 0 atom stereocenters. The second-order valence-electron chi connectivity index (χ2n) is 4.41. The van der Waals surface area contributed by atoms with E-state index in [-0.39, 0.29) is 0 Å². The van der Waals surface area contributed by atoms with Crippen LogP contribution in [0.1, 0.15) is 32.9 Å². The van der Waals surface area contributed by atoms with Crippen LogP contribution < -0.4 is 10.1 Å². The van der Waals surface area contributed by atoms with Crippen LogP contribution in [0.15, 0.2) is 6.07 Å². The lowest BCUT2D eigenvalue weighted by Gasteiger charge is -2.17. The minimum absolute atomic E-state index is 0.623. The third kappa shape index (κ3) is 5.87. The topological polar surface area (TPSA) is 50.3 Å². The summed E-state index contributed by atoms with van der Waals surface area (Å²) in [4.78, 5) is 11.1. The Morgan fingerprint density at radius 2 is 1.95 bits per heavy atom. The normalized spacial score (nSPS) is 10.8. The molecule has 0 aliphatic rings. The predicted octanol–water partition coefficient (Wildman–Crippen LogP) is 2.33. The summed E-state index contributed by atoms with van der Waals surface area (Å²) < 4.78 is 5.41. The molecule has 5 heteroatoms. The maximum absolute atomic E-state index is 5.41. The molecule has 19 heavy (non-hydrogen) atoms. The molecular formula is C14H26N4O. The number of rotatable bonds is 9. The van der Waals surface area contributed by atoms with Crippen LogP contribution in [0.4, 0.5) is 5.95 Å². The van der Waals surface area contributed by atoms with Gasteiger partial charge in [-0.05, 0) is 39.9 Å². The van der Waals surface area contributed by atoms with Crippen molar-refractivity contribution in [1.82, 2.24) is 14.9 Å². The van der Waals surface area contributed by atoms with Crippen molar-refractivity contribution in [3.05, 3.63) is 11.8 Å². The monoisotopic (exact) mass is 266 g/mol. The number of nitrogens with zero attached hydrogens (tertiary/aromatic N) is 3. The van der Waals surface area contributed by atoms with E-state index in [2.05, 4.69) is 34.0 Å². The fraction of sp³-hybridized carbons (Fsp3) is 0.714. The van der Waals surface area contributed by atoms with Crippen LogP contribution in [0.2, 0.25) is 0 Å². The molecule has 0 saturated carbocycles. The van der Waals surface area contributed by atoms with E-state index in [0.717, 1.165) is 38.3 Å². The van der Waals surface area contributed by atoms with Crippen molar-refractivity contribution in [2.24, 2.45) is 0 Å². The van der Waals surface area contributed by atoms with Crippen molar-refractivity contribution >= 4 is 5.95 Å². The Balaban J connectivity index is 2.40. The zero-order chi connectivity index (χ0) is 14.1. The van der Waals surface area contributed by atoms with Crippen molar-refractivity contribution in [2.75, 3.05) is 38.1 Å². The lowest BCUT2D eigenvalue weighted by molar-refractivity contribution is 0.303. The molecule has 1 aromatic heterocycles. The average Bonchev–Trinajstić information content (AvgIpc) is 2.39. The molecule has 1 N–H and O–H groups in total. The van der Waals surface area contributed by atoms with Crippen LogP contribution in [-0.4, -0.2) is 47.7 Å². The Morgan fingerprint density at radius 3 is 2.58 bits per heavy atom. The summed E-state index contributed by atoms with van der Waals surface area (Å²) in [5.41, 5.74) is 0.921. The first-order valence-electron chi connectivity index (χ1n) is 7.14. The van der Waals surface area contributed by atoms with Crippen molar-refractivity contribution in [2.45, 2.75) is 34.1 Å². The largest absolute Gasteiger partial charge is 0.478 e. The molecule has 0 aromatic carbocycles. The SMILES string of the molecule is CCOc1cc(C)nc(NCCCN(CC)CC)n1. The van der Waals surface area contributed by atoms with Crippen LogP contribution >= 0.6 is 0 Å². The minimum atomic E-state index is 0.623. The molecule has 0 amide bonds. The van der Waals surface area contributed by atoms with Gasteiger partial charge in [0.25, 0.3) is 0 Å². The summed E-state index contributed by atoms with van der Waals surface area (Å²) in [6.07, 6.45) is 1.09. The molecule has 0 unspecified atom stereocenters. The number of hydrogen-bond donors (Lipinski definition) is 1. The van der Waals surface area contributed by atoms with Crippen molar-refractivity contribution in [3.63, 3.8) is 0 Å². The van der Waals surface area contributed by atoms with Crippen molar-refractivity contribution in [3.8, 4) is 5.88 Å². The first-order valence-corrected chi connectivity index (χ1v) is 7.14. The number of aryl methyl sites for hydroxylation is 1. The van der Waals surface area contributed by atoms with Gasteiger partial charge in [-0.15, -0.1) is 0 Å². The standard InChI is InChI=1S/C14H26N4O/c1-5-18(6-2)10-8-9-15-14-16-12(4)11-13(17-14)19-7-3/h11H,5-10H2,1-4H3,(H,15,16,17). The van der Waals surface area contributed by atoms with Gasteiger partial charge in [-0.3, -0.25) is 0 Å². The Hall–Kier alpha value is -1.36. The second-order valence-corrected chi connectivity index (χ2v) is 4.41. The molecule has 0 radical (unpaired) electrons. The summed E-state index contributed by atoms with van der Waals surface area (Å²) in [6.45, 7) is 13.1. The Kier molecular flexibility index (Phi) is 7.18. The first-order chi connectivity index (χ1) is 9.19. The van der Waals surface area contributed by atoms with Gasteiger partial charge in [0, 0.05) is 18.3 Å². The highest BCUT2D eigenvalue weighted by Gasteiger charge is 2.03. The van der Waals surface area contributed by atoms with Gasteiger partial charge in [-0.25, -0.2) is 4.98 Å². The fourth-order valence-corrected chi connectivity index (χ4v) is 1.88. The maximum Gasteiger partial charge on any atom is 0.226 e. The van der Waals surface area contributed by atoms with Gasteiger partial charge in [0.05, 0.1) is 6.61 Å². The molecule has 1 rings (SSSR count). The summed E-state index contributed by atoms with van der Waals surface area (Å²) in [5.74, 6) is 1.30. The number of aromatic nitrogens is 2. The molecule has 0 aliphatic heterocycles. The Labute approximate surface area is 116 Å². The molecule has 1 aromatic rings. The fourth-order valence-electron chi connectivity index (χ4n) is 1.88. The highest BCUT2D eigenvalue weighted by Crippen LogP contribution is 2.11. The van der Waals surface area contributed by atoms with Crippen LogP contribution in [0.25, 0.3) is 0 Å². The number of nitrogens with one attached hydrogen (secondary N) is 1. The zero-order valence-electron chi connectivity index (χ0n) is 12.6. The minimum Gasteiger partial charge on any atom is -0.478 e. The van der Waals surface area contributed by atoms with E-state index in [0.29, 0.717) is 18.4 Å². The highest BCUT2D eigenvalue weighted by atomic mass is 16.5. The average molecular weight is 266 g/mol. The highest BCUT2D eigenvalue weighted by molar-refractivity contribution is 5.30. The maximum atomic E-state index is 5.41. The van der Waals surface area contributed by atoms with Gasteiger partial charge in [-0.1, -0.05) is 13.8 Å². The summed E-state index contributed by atoms with van der Waals surface area (Å²) >= 11 is 0. The van der Waals surface area contributed by atoms with E-state index < -0.39 is 0 Å². The van der Waals surface area contributed by atoms with E-state index in [1.807, 2.05) is 19.9 Å². The van der Waals surface area contributed by atoms with Crippen molar-refractivity contribution in [1.29, 1.82) is 0 Å². The van der Waals surface area contributed by atoms with Gasteiger partial charge >= 0.3 is 0 Å². The van der Waals surface area contributed by atoms with E-state index in [1.54, 1.807) is 0 Å². The number of hydrogen-bond acceptors (Lipinski definition) is 5. The number of anilines is 1. The Morgan fingerprint density at radius 1 is 1.21 bits per heavy atom. The molecule has 0 saturated heterocycles. The Bertz CT molecular complexity index is 366. The quantitative estimate of drug-likeness (QED) is 0.695. The van der Waals surface area contributed by atoms with E-state index >= 15 is 0 Å². The zero-order valence-corrected chi connectivity index (χ0v) is 12.6. The van der Waals surface area contributed by atoms with Crippen LogP contribution in [-0.2, 0) is 0 Å². The molecule has 0 aliphatic carbocycles. The van der Waals surface area contributed by atoms with E-state index in [9.17, 15) is 0 Å². The summed E-state index contributed by atoms with van der Waals surface area (Å²) in [6, 6.07) is 1.85. The summed E-state index contributed by atoms with van der Waals surface area (Å²) in [5, 5.41) is 3.26. The molecule has 5 nitrogen and oxygen atoms in total. The van der Waals surface area contributed by atoms with Gasteiger partial charge < -0.3 is 15.0 Å². The molecule has 0 spiro atoms. The van der Waals surface area contributed by atoms with Gasteiger partial charge in [0.1, 0.15) is 0 Å². The lowest BCUT2D eigenvalue weighted by Crippen LogP contribution is -2.25. The van der Waals surface area contributed by atoms with Crippen molar-refractivity contribution < 1.29 is 4.74 Å². The van der Waals surface area contributed by atoms with E-state index in [1.165, 1.54) is 0 Å². The molecule has 0 bridgehead atoms. The van der Waals surface area contributed by atoms with Crippen LogP contribution in [0.3, 0.4) is 0 Å². The van der Waals surface area contributed by atoms with Crippen LogP contribution in [0, 0.1) is 6.92 Å². The molecule has 1 heterocycles. The lowest BCUT2D eigenvalue weighted by atomic mass is 10.3. The third-order valence-electron chi connectivity index (χ3n) is 2.95. The smallest absolute Gasteiger partial charge is 0.226 e. The molecular weight excluding hydrogens is 240 g/mol. The molecule has 0 fully saturated rings. The second kappa shape index (κ2) is 8.69. The summed E-state index contributed by atoms with van der Waals surface area (Å²) in [7, 11) is 0. The van der Waals surface area contributed by atoms with Gasteiger partial charge in [-0.2, -0.15) is 4.98 Å².